The van der Waals surface area contributed by atoms with Gasteiger partial charge in [0, 0.05) is 16.7 Å². The fourth-order valence-corrected chi connectivity index (χ4v) is 2.50. The fraction of sp³-hybridized carbons (Fsp3) is 0.188. The van der Waals surface area contributed by atoms with Crippen molar-refractivity contribution in [1.29, 1.82) is 0 Å². The highest BCUT2D eigenvalue weighted by Gasteiger charge is 2.38. The van der Waals surface area contributed by atoms with Crippen LogP contribution in [0.5, 0.6) is 0 Å². The van der Waals surface area contributed by atoms with Crippen LogP contribution in [0.1, 0.15) is 34.1 Å². The fourth-order valence-electron chi connectivity index (χ4n) is 2.50. The number of allylic oxidation sites excluding steroid dienone is 3. The molecule has 3 rings (SSSR count). The van der Waals surface area contributed by atoms with Gasteiger partial charge in [-0.15, -0.1) is 0 Å². The van der Waals surface area contributed by atoms with E-state index in [1.807, 2.05) is 6.92 Å². The molecule has 1 aliphatic carbocycles. The summed E-state index contributed by atoms with van der Waals surface area (Å²) >= 11 is 0. The summed E-state index contributed by atoms with van der Waals surface area (Å²) in [4.78, 5) is 36.1. The number of hydrogen-bond donors (Lipinski definition) is 0. The van der Waals surface area contributed by atoms with Crippen LogP contribution in [0.25, 0.3) is 0 Å². The molecule has 1 aliphatic heterocycles. The molecule has 0 aromatic heterocycles. The van der Waals surface area contributed by atoms with E-state index in [2.05, 4.69) is 0 Å². The van der Waals surface area contributed by atoms with Crippen LogP contribution in [0.4, 0.5) is 0 Å². The van der Waals surface area contributed by atoms with Gasteiger partial charge in [0.25, 0.3) is 0 Å². The first-order valence-corrected chi connectivity index (χ1v) is 6.44. The Bertz CT molecular complexity index is 694. The van der Waals surface area contributed by atoms with Gasteiger partial charge in [0.2, 0.25) is 5.78 Å². The number of hydrogen-bond acceptors (Lipinski definition) is 4. The lowest BCUT2D eigenvalue weighted by atomic mass is 9.83. The van der Waals surface area contributed by atoms with E-state index in [1.165, 1.54) is 0 Å². The first-order valence-electron chi connectivity index (χ1n) is 6.44. The Balaban J connectivity index is 2.21. The second-order valence-corrected chi connectivity index (χ2v) is 4.71. The predicted octanol–water partition coefficient (Wildman–Crippen LogP) is 2.25. The zero-order valence-corrected chi connectivity index (χ0v) is 10.9. The third kappa shape index (κ3) is 1.65. The molecule has 2 aliphatic rings. The first-order chi connectivity index (χ1) is 9.67. The number of fused-ring (bicyclic) bond motifs is 1. The van der Waals surface area contributed by atoms with Crippen LogP contribution >= 0.6 is 0 Å². The van der Waals surface area contributed by atoms with Gasteiger partial charge >= 0.3 is 0 Å². The topological polar surface area (TPSA) is 60.4 Å². The van der Waals surface area contributed by atoms with Gasteiger partial charge in [-0.25, -0.2) is 0 Å². The molecule has 0 spiro atoms. The number of carbonyl (C=O) groups excluding carboxylic acids is 3. The van der Waals surface area contributed by atoms with Gasteiger partial charge in [0.1, 0.15) is 6.10 Å². The van der Waals surface area contributed by atoms with E-state index >= 15 is 0 Å². The van der Waals surface area contributed by atoms with E-state index in [-0.39, 0.29) is 34.6 Å². The number of rotatable bonds is 2. The molecule has 0 bridgehead atoms. The average molecular weight is 268 g/mol. The maximum Gasteiger partial charge on any atom is 0.229 e. The standard InChI is InChI=1S/C16H12O4/c1-2-10-7-9(8-17)13-14(18)11-5-3-4-6-12(11)15(19)16(13)20-10/h3-8,10H,2H2,1H3. The second-order valence-electron chi connectivity index (χ2n) is 4.71. The van der Waals surface area contributed by atoms with Crippen molar-refractivity contribution in [2.75, 3.05) is 0 Å². The quantitative estimate of drug-likeness (QED) is 0.772. The molecule has 100 valence electrons. The number of Topliss-reactive ketones (excluding diaryl/α,β-unsaturated/α-hetero) is 2. The summed E-state index contributed by atoms with van der Waals surface area (Å²) in [5.74, 6) is -0.658. The third-order valence-electron chi connectivity index (χ3n) is 3.53. The Morgan fingerprint density at radius 3 is 2.40 bits per heavy atom. The van der Waals surface area contributed by atoms with Gasteiger partial charge in [0.15, 0.2) is 17.8 Å². The van der Waals surface area contributed by atoms with Crippen molar-refractivity contribution in [2.45, 2.75) is 19.4 Å². The normalized spacial score (nSPS) is 20.9. The molecule has 20 heavy (non-hydrogen) atoms. The lowest BCUT2D eigenvalue weighted by Crippen LogP contribution is -2.30. The van der Waals surface area contributed by atoms with Gasteiger partial charge in [-0.3, -0.25) is 14.4 Å². The molecule has 1 atom stereocenters. The summed E-state index contributed by atoms with van der Waals surface area (Å²) in [6.07, 6.45) is 2.48. The Labute approximate surface area is 115 Å². The summed E-state index contributed by atoms with van der Waals surface area (Å²) in [7, 11) is 0. The predicted molar refractivity (Wildman–Crippen MR) is 71.4 cm³/mol. The van der Waals surface area contributed by atoms with Crippen molar-refractivity contribution in [2.24, 2.45) is 0 Å². The summed E-state index contributed by atoms with van der Waals surface area (Å²) in [5, 5.41) is 0. The summed E-state index contributed by atoms with van der Waals surface area (Å²) < 4.78 is 5.59. The molecule has 0 radical (unpaired) electrons. The minimum absolute atomic E-state index is 0.00477. The molecule has 0 saturated heterocycles. The molecular formula is C16H12O4. The van der Waals surface area contributed by atoms with Crippen molar-refractivity contribution in [3.05, 3.63) is 58.4 Å². The number of ketones is 2. The van der Waals surface area contributed by atoms with Crippen molar-refractivity contribution in [3.63, 3.8) is 0 Å². The number of aldehydes is 1. The number of carbonyl (C=O) groups is 3. The van der Waals surface area contributed by atoms with Gasteiger partial charge in [-0.2, -0.15) is 0 Å². The number of benzene rings is 1. The van der Waals surface area contributed by atoms with E-state index in [1.54, 1.807) is 30.3 Å². The molecule has 4 heteroatoms. The summed E-state index contributed by atoms with van der Waals surface area (Å²) in [5.41, 5.74) is 0.986. The minimum Gasteiger partial charge on any atom is -0.481 e. The van der Waals surface area contributed by atoms with Gasteiger partial charge < -0.3 is 4.74 Å². The molecule has 1 heterocycles. The van der Waals surface area contributed by atoms with Crippen LogP contribution in [-0.4, -0.2) is 24.0 Å². The highest BCUT2D eigenvalue weighted by Crippen LogP contribution is 2.34. The Hall–Kier alpha value is -2.49. The highest BCUT2D eigenvalue weighted by atomic mass is 16.5. The molecule has 0 saturated carbocycles. The molecule has 4 nitrogen and oxygen atoms in total. The molecule has 1 unspecified atom stereocenters. The number of ether oxygens (including phenoxy) is 1. The highest BCUT2D eigenvalue weighted by molar-refractivity contribution is 6.29. The molecule has 0 N–H and O–H groups in total. The van der Waals surface area contributed by atoms with Crippen molar-refractivity contribution in [3.8, 4) is 0 Å². The molecule has 0 fully saturated rings. The van der Waals surface area contributed by atoms with E-state index in [9.17, 15) is 14.4 Å². The average Bonchev–Trinajstić information content (AvgIpc) is 2.51. The van der Waals surface area contributed by atoms with E-state index in [4.69, 9.17) is 4.74 Å². The molecular weight excluding hydrogens is 256 g/mol. The molecule has 1 aromatic rings. The maximum atomic E-state index is 12.5. The van der Waals surface area contributed by atoms with E-state index in [0.29, 0.717) is 23.8 Å². The van der Waals surface area contributed by atoms with Crippen LogP contribution in [0.3, 0.4) is 0 Å². The van der Waals surface area contributed by atoms with Crippen molar-refractivity contribution in [1.82, 2.24) is 0 Å². The lowest BCUT2D eigenvalue weighted by molar-refractivity contribution is -0.104. The van der Waals surface area contributed by atoms with E-state index in [0.717, 1.165) is 0 Å². The second kappa shape index (κ2) is 4.56. The molecule has 1 aromatic carbocycles. The zero-order valence-electron chi connectivity index (χ0n) is 10.9. The van der Waals surface area contributed by atoms with Gasteiger partial charge in [0.05, 0.1) is 5.57 Å². The van der Waals surface area contributed by atoms with Crippen LogP contribution < -0.4 is 0 Å². The summed E-state index contributed by atoms with van der Waals surface area (Å²) in [6, 6.07) is 6.58. The Kier molecular flexibility index (Phi) is 2.86. The maximum absolute atomic E-state index is 12.5. The largest absolute Gasteiger partial charge is 0.481 e. The third-order valence-corrected chi connectivity index (χ3v) is 3.53. The van der Waals surface area contributed by atoms with Crippen LogP contribution in [-0.2, 0) is 9.53 Å². The lowest BCUT2D eigenvalue weighted by Gasteiger charge is -2.28. The van der Waals surface area contributed by atoms with Crippen LogP contribution in [0.15, 0.2) is 47.2 Å². The Morgan fingerprint density at radius 2 is 1.80 bits per heavy atom. The van der Waals surface area contributed by atoms with Crippen LogP contribution in [0, 0.1) is 0 Å². The van der Waals surface area contributed by atoms with Gasteiger partial charge in [-0.1, -0.05) is 31.2 Å². The van der Waals surface area contributed by atoms with Crippen molar-refractivity contribution >= 4 is 17.9 Å². The SMILES string of the molecule is CCC1C=C(C=O)C2=C(O1)C(=O)c1ccccc1C2=O. The smallest absolute Gasteiger partial charge is 0.229 e. The first kappa shape index (κ1) is 12.5. The minimum atomic E-state index is -0.351. The molecule has 0 amide bonds. The monoisotopic (exact) mass is 268 g/mol. The summed E-state index contributed by atoms with van der Waals surface area (Å²) in [6.45, 7) is 1.89. The van der Waals surface area contributed by atoms with Crippen molar-refractivity contribution < 1.29 is 19.1 Å². The zero-order chi connectivity index (χ0) is 14.3. The van der Waals surface area contributed by atoms with Gasteiger partial charge in [-0.05, 0) is 12.5 Å². The van der Waals surface area contributed by atoms with E-state index < -0.39 is 0 Å². The Morgan fingerprint density at radius 1 is 1.15 bits per heavy atom. The van der Waals surface area contributed by atoms with Crippen LogP contribution in [0.2, 0.25) is 0 Å².